The van der Waals surface area contributed by atoms with Crippen molar-refractivity contribution in [2.45, 2.75) is 32.1 Å². The zero-order chi connectivity index (χ0) is 27.5. The first kappa shape index (κ1) is 24.1. The molecule has 41 heavy (non-hydrogen) atoms. The van der Waals surface area contributed by atoms with Gasteiger partial charge in [0.05, 0.1) is 0 Å². The Morgan fingerprint density at radius 3 is 1.27 bits per heavy atom. The Balaban J connectivity index is 1.29. The van der Waals surface area contributed by atoms with Crippen LogP contribution in [0, 0.1) is 13.8 Å². The maximum atomic E-state index is 2.46. The average molecular weight is 525 g/mol. The summed E-state index contributed by atoms with van der Waals surface area (Å²) in [4.78, 5) is 0. The van der Waals surface area contributed by atoms with Gasteiger partial charge in [0.15, 0.2) is 0 Å². The van der Waals surface area contributed by atoms with Crippen molar-refractivity contribution in [2.75, 3.05) is 0 Å². The van der Waals surface area contributed by atoms with E-state index in [0.717, 1.165) is 6.42 Å². The summed E-state index contributed by atoms with van der Waals surface area (Å²) in [5.74, 6) is 0.627. The van der Waals surface area contributed by atoms with Crippen molar-refractivity contribution in [1.29, 1.82) is 0 Å². The second-order valence-corrected chi connectivity index (χ2v) is 11.7. The zero-order valence-electron chi connectivity index (χ0n) is 23.6. The minimum Gasteiger partial charge on any atom is -0.0619 e. The van der Waals surface area contributed by atoms with Crippen LogP contribution in [0.3, 0.4) is 0 Å². The third kappa shape index (κ3) is 3.82. The molecule has 0 radical (unpaired) electrons. The van der Waals surface area contributed by atoms with Crippen LogP contribution in [0.1, 0.15) is 62.8 Å². The van der Waals surface area contributed by atoms with Crippen molar-refractivity contribution in [1.82, 2.24) is 0 Å². The normalized spacial score (nSPS) is 17.4. The van der Waals surface area contributed by atoms with Gasteiger partial charge in [0.1, 0.15) is 0 Å². The molecule has 8 rings (SSSR count). The van der Waals surface area contributed by atoms with Crippen molar-refractivity contribution < 1.29 is 0 Å². The van der Waals surface area contributed by atoms with E-state index in [4.69, 9.17) is 0 Å². The van der Waals surface area contributed by atoms with Crippen molar-refractivity contribution in [2.24, 2.45) is 0 Å². The molecule has 0 heterocycles. The summed E-state index contributed by atoms with van der Waals surface area (Å²) in [6.07, 6.45) is 5.96. The van der Waals surface area contributed by atoms with E-state index in [9.17, 15) is 0 Å². The summed E-state index contributed by atoms with van der Waals surface area (Å²) in [5.41, 5.74) is 13.9. The fourth-order valence-electron chi connectivity index (χ4n) is 7.47. The molecule has 0 saturated carbocycles. The van der Waals surface area contributed by atoms with Gasteiger partial charge in [-0.3, -0.25) is 0 Å². The third-order valence-corrected chi connectivity index (χ3v) is 9.49. The van der Waals surface area contributed by atoms with Crippen molar-refractivity contribution >= 4 is 44.8 Å². The molecule has 0 amide bonds. The fourth-order valence-corrected chi connectivity index (χ4v) is 7.47. The number of rotatable bonds is 4. The van der Waals surface area contributed by atoms with Gasteiger partial charge < -0.3 is 0 Å². The van der Waals surface area contributed by atoms with Crippen LogP contribution in [-0.2, 0) is 0 Å². The van der Waals surface area contributed by atoms with Gasteiger partial charge in [-0.05, 0) is 97.5 Å². The van der Waals surface area contributed by atoms with Crippen molar-refractivity contribution in [3.05, 3.63) is 166 Å². The molecule has 0 spiro atoms. The van der Waals surface area contributed by atoms with Gasteiger partial charge >= 0.3 is 0 Å². The molecule has 2 atom stereocenters. The Morgan fingerprint density at radius 1 is 0.415 bits per heavy atom. The third-order valence-electron chi connectivity index (χ3n) is 9.49. The predicted octanol–water partition coefficient (Wildman–Crippen LogP) is 11.0. The van der Waals surface area contributed by atoms with Crippen molar-refractivity contribution in [3.63, 3.8) is 0 Å². The fraction of sp³-hybridized carbons (Fsp3) is 0.122. The molecule has 2 unspecified atom stereocenters. The summed E-state index contributed by atoms with van der Waals surface area (Å²) in [5, 5.41) is 5.39. The Hall–Kier alpha value is -4.68. The number of hydrogen-bond donors (Lipinski definition) is 0. The van der Waals surface area contributed by atoms with Gasteiger partial charge in [-0.15, -0.1) is 0 Å². The summed E-state index contributed by atoms with van der Waals surface area (Å²) in [6.45, 7) is 4.44. The highest BCUT2D eigenvalue weighted by atomic mass is 14.4. The Kier molecular flexibility index (Phi) is 5.57. The second kappa shape index (κ2) is 9.46. The number of fused-ring (bicyclic) bond motifs is 4. The van der Waals surface area contributed by atoms with Crippen LogP contribution < -0.4 is 0 Å². The molecule has 0 saturated heterocycles. The lowest BCUT2D eigenvalue weighted by Crippen LogP contribution is -2.08. The van der Waals surface area contributed by atoms with Gasteiger partial charge in [-0.25, -0.2) is 0 Å². The number of allylic oxidation sites excluding steroid dienone is 2. The van der Waals surface area contributed by atoms with Crippen LogP contribution in [0.15, 0.2) is 121 Å². The van der Waals surface area contributed by atoms with Gasteiger partial charge in [0, 0.05) is 11.8 Å². The molecule has 6 aromatic carbocycles. The summed E-state index contributed by atoms with van der Waals surface area (Å²) >= 11 is 0. The van der Waals surface area contributed by atoms with Crippen molar-refractivity contribution in [3.8, 4) is 0 Å². The van der Waals surface area contributed by atoms with Gasteiger partial charge in [0.2, 0.25) is 0 Å². The molecule has 0 nitrogen and oxygen atoms in total. The molecule has 0 bridgehead atoms. The first-order chi connectivity index (χ1) is 20.2. The highest BCUT2D eigenvalue weighted by Crippen LogP contribution is 2.54. The molecular formula is C41H32. The standard InChI is InChI=1S/C41H32/c1-26-19-21-36(34-17-9-7-13-30(26)34)38-23-28-11-3-5-15-32(28)40(38)25-41-33-16-6-4-12-29(33)24-39(41)37-22-20-27(2)31-14-8-10-18-35(31)37/h3-24,40-41H,25H2,1-2H3. The van der Waals surface area contributed by atoms with Gasteiger partial charge in [0.25, 0.3) is 0 Å². The number of hydrogen-bond acceptors (Lipinski definition) is 0. The maximum Gasteiger partial charge on any atom is 0.0111 e. The Bertz CT molecular complexity index is 1900. The van der Waals surface area contributed by atoms with E-state index in [1.54, 1.807) is 0 Å². The van der Waals surface area contributed by atoms with E-state index in [2.05, 4.69) is 147 Å². The Morgan fingerprint density at radius 2 is 0.805 bits per heavy atom. The van der Waals surface area contributed by atoms with E-state index < -0.39 is 0 Å². The summed E-state index contributed by atoms with van der Waals surface area (Å²) < 4.78 is 0. The van der Waals surface area contributed by atoms with Crippen LogP contribution in [0.4, 0.5) is 0 Å². The molecule has 0 N–H and O–H groups in total. The van der Waals surface area contributed by atoms with Gasteiger partial charge in [-0.1, -0.05) is 133 Å². The molecule has 0 heteroatoms. The first-order valence-corrected chi connectivity index (χ1v) is 14.8. The average Bonchev–Trinajstić information content (AvgIpc) is 3.56. The topological polar surface area (TPSA) is 0 Å². The van der Waals surface area contributed by atoms with E-state index in [-0.39, 0.29) is 0 Å². The van der Waals surface area contributed by atoms with E-state index in [0.29, 0.717) is 11.8 Å². The maximum absolute atomic E-state index is 2.46. The summed E-state index contributed by atoms with van der Waals surface area (Å²) in [6, 6.07) is 45.2. The van der Waals surface area contributed by atoms with Crippen LogP contribution in [0.5, 0.6) is 0 Å². The quantitative estimate of drug-likeness (QED) is 0.215. The highest BCUT2D eigenvalue weighted by molar-refractivity contribution is 6.05. The minimum absolute atomic E-state index is 0.314. The van der Waals surface area contributed by atoms with Crippen LogP contribution in [-0.4, -0.2) is 0 Å². The van der Waals surface area contributed by atoms with E-state index in [1.165, 1.54) is 77.2 Å². The lowest BCUT2D eigenvalue weighted by atomic mass is 9.77. The zero-order valence-corrected chi connectivity index (χ0v) is 23.6. The molecule has 2 aliphatic carbocycles. The second-order valence-electron chi connectivity index (χ2n) is 11.7. The predicted molar refractivity (Wildman–Crippen MR) is 176 cm³/mol. The molecule has 6 aromatic rings. The minimum atomic E-state index is 0.314. The molecular weight excluding hydrogens is 492 g/mol. The number of aryl methyl sites for hydroxylation is 2. The molecule has 2 aliphatic rings. The first-order valence-electron chi connectivity index (χ1n) is 14.8. The van der Waals surface area contributed by atoms with Crippen LogP contribution >= 0.6 is 0 Å². The van der Waals surface area contributed by atoms with Crippen LogP contribution in [0.25, 0.3) is 44.8 Å². The summed E-state index contributed by atoms with van der Waals surface area (Å²) in [7, 11) is 0. The number of benzene rings is 6. The van der Waals surface area contributed by atoms with Crippen LogP contribution in [0.2, 0.25) is 0 Å². The smallest absolute Gasteiger partial charge is 0.0111 e. The molecule has 0 aliphatic heterocycles. The van der Waals surface area contributed by atoms with E-state index >= 15 is 0 Å². The lowest BCUT2D eigenvalue weighted by molar-refractivity contribution is 0.707. The lowest BCUT2D eigenvalue weighted by Gasteiger charge is -2.26. The largest absolute Gasteiger partial charge is 0.0619 e. The van der Waals surface area contributed by atoms with Gasteiger partial charge in [-0.2, -0.15) is 0 Å². The highest BCUT2D eigenvalue weighted by Gasteiger charge is 2.34. The SMILES string of the molecule is Cc1ccc(C2=Cc3ccccc3C2CC2C(c3ccc(C)c4ccccc34)=Cc3ccccc32)c2ccccc12. The molecule has 196 valence electrons. The molecule has 0 aromatic heterocycles. The monoisotopic (exact) mass is 524 g/mol. The Labute approximate surface area is 242 Å². The molecule has 0 fully saturated rings. The van der Waals surface area contributed by atoms with E-state index in [1.807, 2.05) is 0 Å².